The Labute approximate surface area is 128 Å². The van der Waals surface area contributed by atoms with Gasteiger partial charge in [-0.1, -0.05) is 0 Å². The number of fused-ring (bicyclic) bond motifs is 1. The van der Waals surface area contributed by atoms with Gasteiger partial charge in [-0.25, -0.2) is 8.42 Å². The third kappa shape index (κ3) is 5.73. The standard InChI is InChI=1S/C10H15NO5S2.Li/c12-18(13,14)3-1-2-11-4-8-5-15-9-6-17-7-10(9)16-8;/h6-8,11H,1-5H2,(H,12,13,14);/q;+1/p-1. The van der Waals surface area contributed by atoms with E-state index in [0.29, 0.717) is 26.1 Å². The van der Waals surface area contributed by atoms with Crippen molar-refractivity contribution >= 4 is 21.5 Å². The molecule has 2 rings (SSSR count). The molecule has 0 bridgehead atoms. The fourth-order valence-corrected chi connectivity index (χ4v) is 2.77. The first kappa shape index (κ1) is 16.8. The van der Waals surface area contributed by atoms with Gasteiger partial charge in [-0.05, 0) is 13.0 Å². The summed E-state index contributed by atoms with van der Waals surface area (Å²) >= 11 is 1.52. The maximum atomic E-state index is 10.4. The zero-order valence-electron chi connectivity index (χ0n) is 10.6. The predicted molar refractivity (Wildman–Crippen MR) is 66.3 cm³/mol. The number of thiophene rings is 1. The van der Waals surface area contributed by atoms with E-state index in [4.69, 9.17) is 9.47 Å². The van der Waals surface area contributed by atoms with Crippen molar-refractivity contribution in [2.45, 2.75) is 12.5 Å². The predicted octanol–water partition coefficient (Wildman–Crippen LogP) is -2.58. The summed E-state index contributed by atoms with van der Waals surface area (Å²) in [5.74, 6) is 1.19. The molecule has 102 valence electrons. The van der Waals surface area contributed by atoms with Crippen LogP contribution in [0.15, 0.2) is 10.8 Å². The quantitative estimate of drug-likeness (QED) is 0.352. The maximum absolute atomic E-state index is 10.4. The number of hydrogen-bond donors (Lipinski definition) is 1. The topological polar surface area (TPSA) is 87.7 Å². The molecular weight excluding hydrogens is 285 g/mol. The smallest absolute Gasteiger partial charge is 0.748 e. The van der Waals surface area contributed by atoms with E-state index in [1.165, 1.54) is 11.3 Å². The molecule has 1 atom stereocenters. The zero-order valence-corrected chi connectivity index (χ0v) is 12.3. The molecule has 19 heavy (non-hydrogen) atoms. The third-order valence-electron chi connectivity index (χ3n) is 2.43. The normalized spacial score (nSPS) is 17.8. The average molecular weight is 299 g/mol. The Morgan fingerprint density at radius 1 is 1.42 bits per heavy atom. The van der Waals surface area contributed by atoms with Crippen LogP contribution in [0, 0.1) is 0 Å². The van der Waals surface area contributed by atoms with Crippen LogP contribution in [0.3, 0.4) is 0 Å². The molecule has 1 N–H and O–H groups in total. The van der Waals surface area contributed by atoms with Crippen LogP contribution < -0.4 is 33.7 Å². The summed E-state index contributed by atoms with van der Waals surface area (Å²) in [6.07, 6.45) is 0.222. The second-order valence-corrected chi connectivity index (χ2v) is 6.24. The van der Waals surface area contributed by atoms with Crippen LogP contribution in [-0.4, -0.2) is 44.5 Å². The van der Waals surface area contributed by atoms with E-state index >= 15 is 0 Å². The monoisotopic (exact) mass is 299 g/mol. The van der Waals surface area contributed by atoms with Gasteiger partial charge in [-0.15, -0.1) is 11.3 Å². The molecule has 6 nitrogen and oxygen atoms in total. The van der Waals surface area contributed by atoms with Crippen molar-refractivity contribution in [3.05, 3.63) is 10.8 Å². The van der Waals surface area contributed by atoms with Gasteiger partial charge in [0, 0.05) is 23.1 Å². The first-order valence-corrected chi connectivity index (χ1v) is 8.06. The molecule has 0 amide bonds. The van der Waals surface area contributed by atoms with Gasteiger partial charge >= 0.3 is 18.9 Å². The Hall–Kier alpha value is -0.233. The molecule has 1 aliphatic rings. The van der Waals surface area contributed by atoms with Crippen LogP contribution in [-0.2, 0) is 10.1 Å². The molecule has 9 heteroatoms. The van der Waals surface area contributed by atoms with Crippen LogP contribution in [0.1, 0.15) is 6.42 Å². The summed E-state index contributed by atoms with van der Waals surface area (Å²) in [6, 6.07) is 0. The van der Waals surface area contributed by atoms with Crippen LogP contribution >= 0.6 is 11.3 Å². The molecule has 2 heterocycles. The molecular formula is C10H14LiNO5S2. The van der Waals surface area contributed by atoms with Crippen molar-refractivity contribution in [2.24, 2.45) is 0 Å². The largest absolute Gasteiger partial charge is 1.00 e. The van der Waals surface area contributed by atoms with Crippen LogP contribution in [0.4, 0.5) is 0 Å². The number of ether oxygens (including phenoxy) is 2. The van der Waals surface area contributed by atoms with E-state index in [1.807, 2.05) is 10.8 Å². The molecule has 1 aromatic rings. The van der Waals surface area contributed by atoms with Gasteiger partial charge < -0.3 is 19.3 Å². The first-order chi connectivity index (χ1) is 8.54. The minimum Gasteiger partial charge on any atom is -0.748 e. The van der Waals surface area contributed by atoms with Gasteiger partial charge in [0.25, 0.3) is 0 Å². The molecule has 1 aliphatic heterocycles. The average Bonchev–Trinajstić information content (AvgIpc) is 2.74. The van der Waals surface area contributed by atoms with Crippen molar-refractivity contribution in [3.8, 4) is 11.5 Å². The Kier molecular flexibility index (Phi) is 6.66. The van der Waals surface area contributed by atoms with E-state index in [2.05, 4.69) is 5.32 Å². The maximum Gasteiger partial charge on any atom is 1.00 e. The number of rotatable bonds is 6. The Morgan fingerprint density at radius 2 is 2.16 bits per heavy atom. The van der Waals surface area contributed by atoms with Crippen molar-refractivity contribution < 1.29 is 41.3 Å². The van der Waals surface area contributed by atoms with E-state index < -0.39 is 10.1 Å². The molecule has 0 saturated carbocycles. The summed E-state index contributed by atoms with van der Waals surface area (Å²) in [6.45, 7) is 1.50. The second-order valence-electron chi connectivity index (χ2n) is 3.97. The fraction of sp³-hybridized carbons (Fsp3) is 0.600. The van der Waals surface area contributed by atoms with E-state index in [9.17, 15) is 13.0 Å². The van der Waals surface area contributed by atoms with E-state index in [0.717, 1.165) is 11.5 Å². The summed E-state index contributed by atoms with van der Waals surface area (Å²) in [4.78, 5) is 0. The second kappa shape index (κ2) is 7.52. The van der Waals surface area contributed by atoms with E-state index in [1.54, 1.807) is 0 Å². The molecule has 1 aromatic heterocycles. The molecule has 0 spiro atoms. The molecule has 0 aliphatic carbocycles. The van der Waals surface area contributed by atoms with Crippen molar-refractivity contribution in [1.82, 2.24) is 5.32 Å². The molecule has 0 saturated heterocycles. The van der Waals surface area contributed by atoms with Crippen molar-refractivity contribution in [2.75, 3.05) is 25.4 Å². The van der Waals surface area contributed by atoms with Gasteiger partial charge in [0.1, 0.15) is 12.7 Å². The van der Waals surface area contributed by atoms with Crippen LogP contribution in [0.2, 0.25) is 0 Å². The molecule has 0 aromatic carbocycles. The molecule has 0 radical (unpaired) electrons. The van der Waals surface area contributed by atoms with E-state index in [-0.39, 0.29) is 30.7 Å². The summed E-state index contributed by atoms with van der Waals surface area (Å²) < 4.78 is 42.3. The summed E-state index contributed by atoms with van der Waals surface area (Å²) in [7, 11) is -4.11. The Bertz CT molecular complexity index is 490. The summed E-state index contributed by atoms with van der Waals surface area (Å²) in [5, 5.41) is 6.81. The minimum absolute atomic E-state index is 0. The van der Waals surface area contributed by atoms with Gasteiger partial charge in [0.2, 0.25) is 0 Å². The van der Waals surface area contributed by atoms with Crippen molar-refractivity contribution in [1.29, 1.82) is 0 Å². The fourth-order valence-electron chi connectivity index (χ4n) is 1.60. The van der Waals surface area contributed by atoms with Gasteiger partial charge in [0.15, 0.2) is 11.5 Å². The van der Waals surface area contributed by atoms with Crippen LogP contribution in [0.25, 0.3) is 0 Å². The SMILES string of the molecule is O=S(=O)([O-])CCCNCC1COc2cscc2O1.[Li+]. The Morgan fingerprint density at radius 3 is 2.89 bits per heavy atom. The molecule has 1 unspecified atom stereocenters. The van der Waals surface area contributed by atoms with Crippen LogP contribution in [0.5, 0.6) is 11.5 Å². The third-order valence-corrected chi connectivity index (χ3v) is 3.92. The number of nitrogens with one attached hydrogen (secondary N) is 1. The summed E-state index contributed by atoms with van der Waals surface area (Å²) in [5.41, 5.74) is 0. The minimum atomic E-state index is -4.11. The van der Waals surface area contributed by atoms with Gasteiger partial charge in [0.05, 0.1) is 10.1 Å². The first-order valence-electron chi connectivity index (χ1n) is 5.54. The number of hydrogen-bond acceptors (Lipinski definition) is 7. The zero-order chi connectivity index (χ0) is 13.0. The Balaban J connectivity index is 0.00000180. The van der Waals surface area contributed by atoms with Crippen molar-refractivity contribution in [3.63, 3.8) is 0 Å². The van der Waals surface area contributed by atoms with Gasteiger partial charge in [-0.2, -0.15) is 0 Å². The van der Waals surface area contributed by atoms with Gasteiger partial charge in [-0.3, -0.25) is 0 Å². The molecule has 0 fully saturated rings.